The summed E-state index contributed by atoms with van der Waals surface area (Å²) in [5, 5.41) is 10.5. The summed E-state index contributed by atoms with van der Waals surface area (Å²) >= 11 is 0. The Balaban J connectivity index is 1.75. The van der Waals surface area contributed by atoms with Crippen LogP contribution in [0.5, 0.6) is 5.75 Å². The van der Waals surface area contributed by atoms with Crippen LogP contribution in [0.2, 0.25) is 0 Å². The number of carboxylic acids is 1. The molecule has 0 radical (unpaired) electrons. The quantitative estimate of drug-likeness (QED) is 0.260. The molecule has 4 rings (SSSR count). The van der Waals surface area contributed by atoms with Crippen LogP contribution in [0.1, 0.15) is 36.3 Å². The molecule has 0 unspecified atom stereocenters. The average molecular weight is 520 g/mol. The number of furan rings is 1. The monoisotopic (exact) mass is 519 g/mol. The number of rotatable bonds is 9. The van der Waals surface area contributed by atoms with E-state index in [1.54, 1.807) is 26.8 Å². The summed E-state index contributed by atoms with van der Waals surface area (Å²) in [5.41, 5.74) is 3.00. The highest BCUT2D eigenvalue weighted by atomic mass is 32.2. The van der Waals surface area contributed by atoms with Gasteiger partial charge in [-0.1, -0.05) is 42.5 Å². The standard InChI is InChI=1S/C29H29NO6S/c1-19(2)30(37(33,34)29-14-9-21(4)36-29)26-16-23-7-5-6-8-24(23)17-27(26)35-18-25-12-10-22(15-20(25)3)11-13-28(31)32/h5-17,19H,18H2,1-4H3,(H,31,32). The molecule has 0 aliphatic heterocycles. The molecule has 0 spiro atoms. The van der Waals surface area contributed by atoms with Gasteiger partial charge < -0.3 is 14.3 Å². The topological polar surface area (TPSA) is 97.0 Å². The van der Waals surface area contributed by atoms with Gasteiger partial charge in [-0.25, -0.2) is 4.79 Å². The first kappa shape index (κ1) is 26.0. The van der Waals surface area contributed by atoms with Crippen LogP contribution in [-0.4, -0.2) is 25.5 Å². The maximum Gasteiger partial charge on any atom is 0.328 e. The molecule has 7 nitrogen and oxygen atoms in total. The smallest absolute Gasteiger partial charge is 0.328 e. The third-order valence-corrected chi connectivity index (χ3v) is 7.79. The Labute approximate surface area is 216 Å². The van der Waals surface area contributed by atoms with Gasteiger partial charge in [0.1, 0.15) is 18.1 Å². The summed E-state index contributed by atoms with van der Waals surface area (Å²) in [6.07, 6.45) is 2.62. The first-order valence-corrected chi connectivity index (χ1v) is 13.3. The number of nitrogens with zero attached hydrogens (tertiary/aromatic N) is 1. The highest BCUT2D eigenvalue weighted by Crippen LogP contribution is 2.38. The fourth-order valence-electron chi connectivity index (χ4n) is 4.14. The van der Waals surface area contributed by atoms with Crippen LogP contribution in [0.25, 0.3) is 16.8 Å². The summed E-state index contributed by atoms with van der Waals surface area (Å²) in [6, 6.07) is 19.6. The van der Waals surface area contributed by atoms with Gasteiger partial charge in [0.05, 0.1) is 5.69 Å². The molecule has 37 heavy (non-hydrogen) atoms. The molecule has 0 aliphatic rings. The Hall–Kier alpha value is -4.04. The molecule has 3 aromatic carbocycles. The predicted octanol–water partition coefficient (Wildman–Crippen LogP) is 6.33. The second-order valence-corrected chi connectivity index (χ2v) is 10.8. The van der Waals surface area contributed by atoms with Crippen molar-refractivity contribution >= 4 is 38.5 Å². The van der Waals surface area contributed by atoms with Crippen molar-refractivity contribution in [2.24, 2.45) is 0 Å². The van der Waals surface area contributed by atoms with Crippen LogP contribution in [0.15, 0.2) is 82.3 Å². The lowest BCUT2D eigenvalue weighted by Crippen LogP contribution is -2.37. The normalized spacial score (nSPS) is 11.9. The molecule has 0 bridgehead atoms. The second-order valence-electron chi connectivity index (χ2n) is 9.07. The summed E-state index contributed by atoms with van der Waals surface area (Å²) in [5.74, 6) is -0.0776. The number of hydrogen-bond donors (Lipinski definition) is 1. The van der Waals surface area contributed by atoms with Crippen LogP contribution in [0, 0.1) is 13.8 Å². The number of carbonyl (C=O) groups is 1. The van der Waals surface area contributed by atoms with Crippen molar-refractivity contribution in [3.8, 4) is 5.75 Å². The number of fused-ring (bicyclic) bond motifs is 1. The molecule has 0 fully saturated rings. The Morgan fingerprint density at radius 1 is 1.03 bits per heavy atom. The fourth-order valence-corrected chi connectivity index (χ4v) is 5.76. The van der Waals surface area contributed by atoms with Gasteiger partial charge >= 0.3 is 5.97 Å². The predicted molar refractivity (Wildman–Crippen MR) is 144 cm³/mol. The highest BCUT2D eigenvalue weighted by Gasteiger charge is 2.32. The number of sulfonamides is 1. The molecular weight excluding hydrogens is 490 g/mol. The highest BCUT2D eigenvalue weighted by molar-refractivity contribution is 7.92. The van der Waals surface area contributed by atoms with Crippen molar-refractivity contribution in [1.82, 2.24) is 0 Å². The van der Waals surface area contributed by atoms with E-state index in [1.807, 2.05) is 61.5 Å². The van der Waals surface area contributed by atoms with Crippen molar-refractivity contribution in [3.63, 3.8) is 0 Å². The average Bonchev–Trinajstić information content (AvgIpc) is 3.29. The van der Waals surface area contributed by atoms with Crippen LogP contribution in [0.4, 0.5) is 5.69 Å². The fraction of sp³-hybridized carbons (Fsp3) is 0.207. The van der Waals surface area contributed by atoms with Crippen molar-refractivity contribution in [1.29, 1.82) is 0 Å². The van der Waals surface area contributed by atoms with E-state index in [-0.39, 0.29) is 11.7 Å². The van der Waals surface area contributed by atoms with Crippen LogP contribution in [-0.2, 0) is 21.4 Å². The van der Waals surface area contributed by atoms with Crippen molar-refractivity contribution < 1.29 is 27.5 Å². The van der Waals surface area contributed by atoms with Gasteiger partial charge in [-0.15, -0.1) is 0 Å². The molecule has 0 amide bonds. The zero-order chi connectivity index (χ0) is 26.7. The van der Waals surface area contributed by atoms with Crippen LogP contribution >= 0.6 is 0 Å². The van der Waals surface area contributed by atoms with Gasteiger partial charge in [0.15, 0.2) is 0 Å². The van der Waals surface area contributed by atoms with E-state index in [9.17, 15) is 13.2 Å². The number of carboxylic acid groups (broad SMARTS) is 1. The number of anilines is 1. The molecule has 0 atom stereocenters. The zero-order valence-corrected chi connectivity index (χ0v) is 22.0. The number of aryl methyl sites for hydroxylation is 2. The molecule has 8 heteroatoms. The zero-order valence-electron chi connectivity index (χ0n) is 21.1. The molecule has 1 N–H and O–H groups in total. The minimum absolute atomic E-state index is 0.126. The minimum Gasteiger partial charge on any atom is -0.487 e. The largest absolute Gasteiger partial charge is 0.487 e. The number of ether oxygens (including phenoxy) is 1. The molecule has 1 aromatic heterocycles. The summed E-state index contributed by atoms with van der Waals surface area (Å²) < 4.78 is 40.5. The summed E-state index contributed by atoms with van der Waals surface area (Å²) in [4.78, 5) is 10.8. The summed E-state index contributed by atoms with van der Waals surface area (Å²) in [7, 11) is -4.00. The third-order valence-electron chi connectivity index (χ3n) is 5.93. The first-order valence-electron chi connectivity index (χ1n) is 11.8. The lowest BCUT2D eigenvalue weighted by molar-refractivity contribution is -0.131. The molecule has 0 saturated carbocycles. The first-order chi connectivity index (χ1) is 17.6. The Bertz CT molecular complexity index is 1580. The number of aliphatic carboxylic acids is 1. The van der Waals surface area contributed by atoms with Crippen molar-refractivity contribution in [2.75, 3.05) is 4.31 Å². The third kappa shape index (κ3) is 5.70. The summed E-state index contributed by atoms with van der Waals surface area (Å²) in [6.45, 7) is 7.43. The van der Waals surface area contributed by atoms with E-state index >= 15 is 0 Å². The second kappa shape index (κ2) is 10.5. The molecular formula is C29H29NO6S. The molecule has 4 aromatic rings. The Kier molecular flexibility index (Phi) is 7.40. The van der Waals surface area contributed by atoms with E-state index in [2.05, 4.69) is 0 Å². The van der Waals surface area contributed by atoms with E-state index in [1.165, 1.54) is 16.4 Å². The van der Waals surface area contributed by atoms with E-state index in [0.717, 1.165) is 33.5 Å². The van der Waals surface area contributed by atoms with Gasteiger partial charge in [-0.2, -0.15) is 8.42 Å². The van der Waals surface area contributed by atoms with Crippen LogP contribution < -0.4 is 9.04 Å². The molecule has 0 saturated heterocycles. The van der Waals surface area contributed by atoms with Gasteiger partial charge in [0.25, 0.3) is 10.0 Å². The Morgan fingerprint density at radius 2 is 1.73 bits per heavy atom. The maximum absolute atomic E-state index is 13.7. The van der Waals surface area contributed by atoms with Gasteiger partial charge in [-0.3, -0.25) is 4.31 Å². The molecule has 1 heterocycles. The van der Waals surface area contributed by atoms with Gasteiger partial charge in [0.2, 0.25) is 5.09 Å². The maximum atomic E-state index is 13.7. The lowest BCUT2D eigenvalue weighted by Gasteiger charge is -2.29. The van der Waals surface area contributed by atoms with Crippen molar-refractivity contribution in [3.05, 3.63) is 95.3 Å². The van der Waals surface area contributed by atoms with Crippen LogP contribution in [0.3, 0.4) is 0 Å². The number of benzene rings is 3. The van der Waals surface area contributed by atoms with E-state index in [0.29, 0.717) is 17.2 Å². The molecule has 0 aliphatic carbocycles. The Morgan fingerprint density at radius 3 is 2.32 bits per heavy atom. The van der Waals surface area contributed by atoms with Gasteiger partial charge in [-0.05, 0) is 85.5 Å². The lowest BCUT2D eigenvalue weighted by atomic mass is 10.1. The van der Waals surface area contributed by atoms with Gasteiger partial charge in [0, 0.05) is 12.1 Å². The minimum atomic E-state index is -4.00. The SMILES string of the molecule is Cc1ccc(S(=O)(=O)N(c2cc3ccccc3cc2OCc2ccc(C=CC(=O)O)cc2C)C(C)C)o1. The van der Waals surface area contributed by atoms with E-state index < -0.39 is 22.0 Å². The van der Waals surface area contributed by atoms with E-state index in [4.69, 9.17) is 14.3 Å². The van der Waals surface area contributed by atoms with Crippen molar-refractivity contribution in [2.45, 2.75) is 45.4 Å². The molecule has 192 valence electrons. The number of hydrogen-bond acceptors (Lipinski definition) is 5.